The fraction of sp³-hybridized carbons (Fsp3) is 0.727. The molecule has 0 saturated carbocycles. The Morgan fingerprint density at radius 1 is 1.54 bits per heavy atom. The van der Waals surface area contributed by atoms with Gasteiger partial charge in [-0.05, 0) is 34.6 Å². The van der Waals surface area contributed by atoms with Gasteiger partial charge in [0.1, 0.15) is 5.78 Å². The van der Waals surface area contributed by atoms with Crippen LogP contribution in [0.3, 0.4) is 0 Å². The molecule has 0 aliphatic rings. The van der Waals surface area contributed by atoms with Crippen molar-refractivity contribution in [3.8, 4) is 12.3 Å². The highest BCUT2D eigenvalue weighted by Gasteiger charge is 2.27. The highest BCUT2D eigenvalue weighted by atomic mass is 16.1. The number of hydrogen-bond acceptors (Lipinski definition) is 2. The van der Waals surface area contributed by atoms with Crippen LogP contribution in [0.25, 0.3) is 0 Å². The second-order valence-electron chi connectivity index (χ2n) is 4.29. The minimum atomic E-state index is -0.101. The van der Waals surface area contributed by atoms with Gasteiger partial charge in [0.15, 0.2) is 0 Å². The van der Waals surface area contributed by atoms with Gasteiger partial charge < -0.3 is 0 Å². The minimum absolute atomic E-state index is 0.0581. The monoisotopic (exact) mass is 181 g/mol. The van der Waals surface area contributed by atoms with Crippen LogP contribution in [0.4, 0.5) is 0 Å². The molecule has 0 rings (SSSR count). The summed E-state index contributed by atoms with van der Waals surface area (Å²) in [7, 11) is 0. The minimum Gasteiger partial charge on any atom is -0.298 e. The molecule has 0 fully saturated rings. The molecule has 0 aliphatic heterocycles. The summed E-state index contributed by atoms with van der Waals surface area (Å²) >= 11 is 0. The molecule has 0 spiro atoms. The first-order valence-corrected chi connectivity index (χ1v) is 4.51. The molecule has 0 aromatic rings. The standard InChI is InChI=1S/C11H19NO/c1-7-8-12(11(4,5)6)9(2)10(3)13/h1,9H,8H2,2-6H3. The van der Waals surface area contributed by atoms with E-state index in [1.54, 1.807) is 6.92 Å². The van der Waals surface area contributed by atoms with Crippen LogP contribution in [-0.2, 0) is 4.79 Å². The maximum Gasteiger partial charge on any atom is 0.146 e. The Balaban J connectivity index is 4.63. The number of rotatable bonds is 3. The second-order valence-corrected chi connectivity index (χ2v) is 4.29. The van der Waals surface area contributed by atoms with E-state index >= 15 is 0 Å². The summed E-state index contributed by atoms with van der Waals surface area (Å²) in [4.78, 5) is 13.2. The molecule has 1 unspecified atom stereocenters. The van der Waals surface area contributed by atoms with E-state index in [9.17, 15) is 4.79 Å². The number of carbonyl (C=O) groups excluding carboxylic acids is 1. The van der Waals surface area contributed by atoms with Gasteiger partial charge in [0.05, 0.1) is 12.6 Å². The molecule has 0 bridgehead atoms. The molecule has 0 aliphatic carbocycles. The third-order valence-corrected chi connectivity index (χ3v) is 2.18. The summed E-state index contributed by atoms with van der Waals surface area (Å²) in [5, 5.41) is 0. The number of ketones is 1. The number of carbonyl (C=O) groups is 1. The van der Waals surface area contributed by atoms with Gasteiger partial charge in [-0.15, -0.1) is 6.42 Å². The topological polar surface area (TPSA) is 20.3 Å². The second kappa shape index (κ2) is 4.43. The number of Topliss-reactive ketones (excluding diaryl/α,β-unsaturated/α-hetero) is 1. The molecule has 2 nitrogen and oxygen atoms in total. The molecule has 74 valence electrons. The smallest absolute Gasteiger partial charge is 0.146 e. The van der Waals surface area contributed by atoms with Crippen LogP contribution < -0.4 is 0 Å². The van der Waals surface area contributed by atoms with Crippen LogP contribution in [0, 0.1) is 12.3 Å². The van der Waals surface area contributed by atoms with Crippen molar-refractivity contribution >= 4 is 5.78 Å². The Morgan fingerprint density at radius 2 is 2.00 bits per heavy atom. The van der Waals surface area contributed by atoms with Crippen LogP contribution in [0.15, 0.2) is 0 Å². The van der Waals surface area contributed by atoms with Crippen LogP contribution in [0.5, 0.6) is 0 Å². The lowest BCUT2D eigenvalue weighted by Gasteiger charge is -2.37. The van der Waals surface area contributed by atoms with Gasteiger partial charge in [0.25, 0.3) is 0 Å². The van der Waals surface area contributed by atoms with Crippen molar-refractivity contribution < 1.29 is 4.79 Å². The van der Waals surface area contributed by atoms with Gasteiger partial charge in [0.2, 0.25) is 0 Å². The van der Waals surface area contributed by atoms with Crippen molar-refractivity contribution in [1.82, 2.24) is 4.90 Å². The van der Waals surface area contributed by atoms with E-state index in [0.717, 1.165) is 0 Å². The molecule has 0 heterocycles. The molecule has 0 amide bonds. The average molecular weight is 181 g/mol. The molecular formula is C11H19NO. The van der Waals surface area contributed by atoms with E-state index in [1.165, 1.54) is 0 Å². The van der Waals surface area contributed by atoms with Crippen LogP contribution in [-0.4, -0.2) is 28.8 Å². The molecule has 13 heavy (non-hydrogen) atoms. The van der Waals surface area contributed by atoms with E-state index in [2.05, 4.69) is 26.7 Å². The van der Waals surface area contributed by atoms with E-state index in [4.69, 9.17) is 6.42 Å². The fourth-order valence-corrected chi connectivity index (χ4v) is 1.27. The highest BCUT2D eigenvalue weighted by molar-refractivity contribution is 5.81. The summed E-state index contributed by atoms with van der Waals surface area (Å²) in [6, 6.07) is -0.101. The Morgan fingerprint density at radius 3 is 2.23 bits per heavy atom. The van der Waals surface area contributed by atoms with Gasteiger partial charge in [-0.25, -0.2) is 0 Å². The van der Waals surface area contributed by atoms with Crippen LogP contribution in [0.1, 0.15) is 34.6 Å². The third kappa shape index (κ3) is 3.61. The van der Waals surface area contributed by atoms with E-state index in [1.807, 2.05) is 11.8 Å². The van der Waals surface area contributed by atoms with Crippen molar-refractivity contribution in [3.05, 3.63) is 0 Å². The number of nitrogens with zero attached hydrogens (tertiary/aromatic N) is 1. The summed E-state index contributed by atoms with van der Waals surface area (Å²) < 4.78 is 0. The van der Waals surface area contributed by atoms with Gasteiger partial charge in [0, 0.05) is 5.54 Å². The van der Waals surface area contributed by atoms with Crippen molar-refractivity contribution in [3.63, 3.8) is 0 Å². The van der Waals surface area contributed by atoms with E-state index in [-0.39, 0.29) is 17.4 Å². The van der Waals surface area contributed by atoms with Gasteiger partial charge in [-0.1, -0.05) is 5.92 Å². The van der Waals surface area contributed by atoms with Gasteiger partial charge in [-0.2, -0.15) is 0 Å². The molecule has 0 aromatic carbocycles. The van der Waals surface area contributed by atoms with Gasteiger partial charge in [-0.3, -0.25) is 9.69 Å². The maximum atomic E-state index is 11.2. The maximum absolute atomic E-state index is 11.2. The molecule has 2 heteroatoms. The molecule has 0 saturated heterocycles. The summed E-state index contributed by atoms with van der Waals surface area (Å²) in [6.45, 7) is 10.2. The Bertz CT molecular complexity index is 219. The van der Waals surface area contributed by atoms with Crippen molar-refractivity contribution in [2.24, 2.45) is 0 Å². The summed E-state index contributed by atoms with van der Waals surface area (Å²) in [6.07, 6.45) is 5.26. The lowest BCUT2D eigenvalue weighted by molar-refractivity contribution is -0.123. The highest BCUT2D eigenvalue weighted by Crippen LogP contribution is 2.16. The molecule has 0 radical (unpaired) electrons. The SMILES string of the molecule is C#CCN(C(C)C(C)=O)C(C)(C)C. The molecule has 1 atom stereocenters. The Kier molecular flexibility index (Phi) is 4.16. The molecular weight excluding hydrogens is 162 g/mol. The quantitative estimate of drug-likeness (QED) is 0.618. The largest absolute Gasteiger partial charge is 0.298 e. The molecule has 0 N–H and O–H groups in total. The van der Waals surface area contributed by atoms with Crippen LogP contribution in [0.2, 0.25) is 0 Å². The summed E-state index contributed by atoms with van der Waals surface area (Å²) in [5.74, 6) is 2.74. The van der Waals surface area contributed by atoms with Gasteiger partial charge >= 0.3 is 0 Å². The molecule has 0 aromatic heterocycles. The van der Waals surface area contributed by atoms with Crippen LogP contribution >= 0.6 is 0 Å². The zero-order valence-corrected chi connectivity index (χ0v) is 9.22. The first kappa shape index (κ1) is 12.2. The number of terminal acetylenes is 1. The zero-order valence-electron chi connectivity index (χ0n) is 9.22. The third-order valence-electron chi connectivity index (χ3n) is 2.18. The zero-order chi connectivity index (χ0) is 10.6. The first-order chi connectivity index (χ1) is 5.80. The average Bonchev–Trinajstić information content (AvgIpc) is 1.96. The summed E-state index contributed by atoms with van der Waals surface area (Å²) in [5.41, 5.74) is -0.0581. The lowest BCUT2D eigenvalue weighted by atomic mass is 10.0. The first-order valence-electron chi connectivity index (χ1n) is 4.51. The van der Waals surface area contributed by atoms with Crippen molar-refractivity contribution in [2.75, 3.05) is 6.54 Å². The van der Waals surface area contributed by atoms with E-state index in [0.29, 0.717) is 6.54 Å². The van der Waals surface area contributed by atoms with Crippen molar-refractivity contribution in [1.29, 1.82) is 0 Å². The Hall–Kier alpha value is -0.810. The number of hydrogen-bond donors (Lipinski definition) is 0. The lowest BCUT2D eigenvalue weighted by Crippen LogP contribution is -2.49. The van der Waals surface area contributed by atoms with E-state index < -0.39 is 0 Å². The predicted octanol–water partition coefficient (Wildman–Crippen LogP) is 1.70. The predicted molar refractivity (Wildman–Crippen MR) is 55.4 cm³/mol. The Labute approximate surface area is 81.3 Å². The fourth-order valence-electron chi connectivity index (χ4n) is 1.27. The normalized spacial score (nSPS) is 13.9. The van der Waals surface area contributed by atoms with Crippen molar-refractivity contribution in [2.45, 2.75) is 46.2 Å².